The van der Waals surface area contributed by atoms with E-state index in [1.54, 1.807) is 30.3 Å². The van der Waals surface area contributed by atoms with E-state index in [9.17, 15) is 13.5 Å². The fraction of sp³-hybridized carbons (Fsp3) is 0.200. The van der Waals surface area contributed by atoms with Crippen LogP contribution in [0.2, 0.25) is 10.0 Å². The van der Waals surface area contributed by atoms with Crippen LogP contribution in [-0.4, -0.2) is 20.1 Å². The molecule has 2 aromatic rings. The third-order valence-electron chi connectivity index (χ3n) is 3.63. The number of hydrogen-bond acceptors (Lipinski definition) is 3. The van der Waals surface area contributed by atoms with Gasteiger partial charge in [-0.05, 0) is 36.8 Å². The number of benzene rings is 2. The van der Waals surface area contributed by atoms with E-state index in [1.807, 2.05) is 0 Å². The van der Waals surface area contributed by atoms with Crippen LogP contribution in [-0.2, 0) is 10.0 Å². The number of fused-ring (bicyclic) bond motifs is 1. The first-order valence-corrected chi connectivity index (χ1v) is 8.85. The second kappa shape index (κ2) is 5.74. The van der Waals surface area contributed by atoms with Crippen LogP contribution >= 0.6 is 23.2 Å². The maximum Gasteiger partial charge on any atom is 0.265 e. The lowest BCUT2D eigenvalue weighted by atomic mass is 10.0. The number of aliphatic hydroxyl groups is 1. The van der Waals surface area contributed by atoms with Crippen molar-refractivity contribution in [2.45, 2.75) is 17.4 Å². The largest absolute Gasteiger partial charge is 0.388 e. The molecule has 0 radical (unpaired) electrons. The van der Waals surface area contributed by atoms with Crippen molar-refractivity contribution >= 4 is 38.9 Å². The predicted molar refractivity (Wildman–Crippen MR) is 87.0 cm³/mol. The van der Waals surface area contributed by atoms with Crippen LogP contribution < -0.4 is 4.31 Å². The average Bonchev–Trinajstić information content (AvgIpc) is 2.48. The van der Waals surface area contributed by atoms with Gasteiger partial charge in [-0.15, -0.1) is 0 Å². The fourth-order valence-corrected chi connectivity index (χ4v) is 4.74. The molecule has 116 valence electrons. The van der Waals surface area contributed by atoms with Gasteiger partial charge in [0.25, 0.3) is 10.0 Å². The van der Waals surface area contributed by atoms with Gasteiger partial charge in [0.05, 0.1) is 16.8 Å². The van der Waals surface area contributed by atoms with Gasteiger partial charge in [0.15, 0.2) is 0 Å². The van der Waals surface area contributed by atoms with Gasteiger partial charge >= 0.3 is 0 Å². The molecule has 7 heteroatoms. The first-order valence-electron chi connectivity index (χ1n) is 6.66. The highest BCUT2D eigenvalue weighted by atomic mass is 35.5. The van der Waals surface area contributed by atoms with Crippen LogP contribution in [0.1, 0.15) is 18.1 Å². The number of nitrogens with zero attached hydrogens (tertiary/aromatic N) is 1. The van der Waals surface area contributed by atoms with E-state index in [2.05, 4.69) is 0 Å². The van der Waals surface area contributed by atoms with E-state index in [4.69, 9.17) is 23.2 Å². The summed E-state index contributed by atoms with van der Waals surface area (Å²) in [7, 11) is -3.80. The maximum atomic E-state index is 12.9. The summed E-state index contributed by atoms with van der Waals surface area (Å²) in [6.07, 6.45) is -0.428. The van der Waals surface area contributed by atoms with E-state index in [0.717, 1.165) is 0 Å². The molecule has 3 rings (SSSR count). The third kappa shape index (κ3) is 2.58. The summed E-state index contributed by atoms with van der Waals surface area (Å²) in [4.78, 5) is 0.0500. The molecule has 4 nitrogen and oxygen atoms in total. The first kappa shape index (κ1) is 15.6. The van der Waals surface area contributed by atoms with Crippen LogP contribution in [0, 0.1) is 0 Å². The smallest absolute Gasteiger partial charge is 0.265 e. The SMILES string of the molecule is O=S(=O)(c1ccccc1Cl)N1CCC(O)c2cc(Cl)ccc21. The number of sulfonamides is 1. The van der Waals surface area contributed by atoms with Crippen LogP contribution in [0.25, 0.3) is 0 Å². The van der Waals surface area contributed by atoms with E-state index in [1.165, 1.54) is 16.4 Å². The minimum Gasteiger partial charge on any atom is -0.388 e. The van der Waals surface area contributed by atoms with E-state index in [0.29, 0.717) is 22.7 Å². The van der Waals surface area contributed by atoms with Crippen LogP contribution in [0.3, 0.4) is 0 Å². The molecule has 1 heterocycles. The second-order valence-corrected chi connectivity index (χ2v) is 7.69. The van der Waals surface area contributed by atoms with Crippen LogP contribution in [0.4, 0.5) is 5.69 Å². The Morgan fingerprint density at radius 3 is 2.59 bits per heavy atom. The highest BCUT2D eigenvalue weighted by Gasteiger charge is 2.33. The molecule has 0 fully saturated rings. The molecule has 1 aliphatic rings. The fourth-order valence-electron chi connectivity index (χ4n) is 2.56. The van der Waals surface area contributed by atoms with Gasteiger partial charge in [0.2, 0.25) is 0 Å². The monoisotopic (exact) mass is 357 g/mol. The molecular weight excluding hydrogens is 345 g/mol. The molecule has 0 bridgehead atoms. The normalized spacial score (nSPS) is 18.1. The number of rotatable bonds is 2. The number of anilines is 1. The third-order valence-corrected chi connectivity index (χ3v) is 6.18. The Kier molecular flexibility index (Phi) is 4.07. The van der Waals surface area contributed by atoms with Crippen molar-refractivity contribution in [1.82, 2.24) is 0 Å². The van der Waals surface area contributed by atoms with Gasteiger partial charge in [-0.2, -0.15) is 0 Å². The molecule has 0 saturated heterocycles. The minimum atomic E-state index is -3.80. The standard InChI is InChI=1S/C15H13Cl2NO3S/c16-10-5-6-13-11(9-10)14(19)7-8-18(13)22(20,21)15-4-2-1-3-12(15)17/h1-6,9,14,19H,7-8H2. The lowest BCUT2D eigenvalue weighted by Crippen LogP contribution is -2.36. The molecule has 22 heavy (non-hydrogen) atoms. The number of halogens is 2. The Bertz CT molecular complexity index is 823. The molecule has 1 atom stereocenters. The van der Waals surface area contributed by atoms with Gasteiger partial charge in [-0.3, -0.25) is 4.31 Å². The van der Waals surface area contributed by atoms with E-state index < -0.39 is 16.1 Å². The molecule has 0 amide bonds. The molecule has 0 aliphatic carbocycles. The minimum absolute atomic E-state index is 0.0500. The van der Waals surface area contributed by atoms with Gasteiger partial charge in [-0.25, -0.2) is 8.42 Å². The zero-order chi connectivity index (χ0) is 15.9. The number of aliphatic hydroxyl groups excluding tert-OH is 1. The van der Waals surface area contributed by atoms with E-state index in [-0.39, 0.29) is 16.5 Å². The van der Waals surface area contributed by atoms with Crippen molar-refractivity contribution in [1.29, 1.82) is 0 Å². The Balaban J connectivity index is 2.14. The molecule has 1 unspecified atom stereocenters. The van der Waals surface area contributed by atoms with Crippen LogP contribution in [0.5, 0.6) is 0 Å². The van der Waals surface area contributed by atoms with Crippen molar-refractivity contribution in [3.05, 3.63) is 58.1 Å². The van der Waals surface area contributed by atoms with E-state index >= 15 is 0 Å². The van der Waals surface area contributed by atoms with Crippen molar-refractivity contribution in [3.63, 3.8) is 0 Å². The Hall–Kier alpha value is -1.27. The van der Waals surface area contributed by atoms with Crippen molar-refractivity contribution in [2.24, 2.45) is 0 Å². The second-order valence-electron chi connectivity index (χ2n) is 5.02. The van der Waals surface area contributed by atoms with Crippen molar-refractivity contribution in [3.8, 4) is 0 Å². The maximum absolute atomic E-state index is 12.9. The Morgan fingerprint density at radius 2 is 1.86 bits per heavy atom. The van der Waals surface area contributed by atoms with Crippen LogP contribution in [0.15, 0.2) is 47.4 Å². The van der Waals surface area contributed by atoms with Gasteiger partial charge in [0.1, 0.15) is 4.90 Å². The zero-order valence-electron chi connectivity index (χ0n) is 11.4. The van der Waals surface area contributed by atoms with Gasteiger partial charge < -0.3 is 5.11 Å². The van der Waals surface area contributed by atoms with Crippen molar-refractivity contribution in [2.75, 3.05) is 10.8 Å². The molecule has 0 saturated carbocycles. The molecule has 2 aromatic carbocycles. The summed E-state index contributed by atoms with van der Waals surface area (Å²) in [6, 6.07) is 11.1. The summed E-state index contributed by atoms with van der Waals surface area (Å²) in [5, 5.41) is 10.7. The Morgan fingerprint density at radius 1 is 1.14 bits per heavy atom. The highest BCUT2D eigenvalue weighted by Crippen LogP contribution is 2.39. The number of hydrogen-bond donors (Lipinski definition) is 1. The summed E-state index contributed by atoms with van der Waals surface area (Å²) >= 11 is 12.0. The summed E-state index contributed by atoms with van der Waals surface area (Å²) in [5.74, 6) is 0. The van der Waals surface area contributed by atoms with Gasteiger partial charge in [-0.1, -0.05) is 35.3 Å². The highest BCUT2D eigenvalue weighted by molar-refractivity contribution is 7.93. The summed E-state index contributed by atoms with van der Waals surface area (Å²) in [6.45, 7) is 0.184. The Labute approximate surface area is 138 Å². The predicted octanol–water partition coefficient (Wildman–Crippen LogP) is 3.63. The van der Waals surface area contributed by atoms with Crippen molar-refractivity contribution < 1.29 is 13.5 Å². The molecule has 0 aromatic heterocycles. The lowest BCUT2D eigenvalue weighted by Gasteiger charge is -2.33. The molecular formula is C15H13Cl2NO3S. The molecule has 1 N–H and O–H groups in total. The average molecular weight is 358 g/mol. The quantitative estimate of drug-likeness (QED) is 0.892. The zero-order valence-corrected chi connectivity index (χ0v) is 13.7. The topological polar surface area (TPSA) is 57.6 Å². The summed E-state index contributed by atoms with van der Waals surface area (Å²) in [5.41, 5.74) is 0.942. The first-order chi connectivity index (χ1) is 10.4. The van der Waals surface area contributed by atoms with Gasteiger partial charge in [0, 0.05) is 17.1 Å². The molecule has 1 aliphatic heterocycles. The molecule has 0 spiro atoms. The lowest BCUT2D eigenvalue weighted by molar-refractivity contribution is 0.166. The summed E-state index contributed by atoms with van der Waals surface area (Å²) < 4.78 is 27.0.